The zero-order chi connectivity index (χ0) is 29.7. The highest BCUT2D eigenvalue weighted by Gasteiger charge is 2.32. The van der Waals surface area contributed by atoms with E-state index in [0.29, 0.717) is 45.4 Å². The van der Waals surface area contributed by atoms with Crippen LogP contribution in [0.1, 0.15) is 112 Å². The Balaban J connectivity index is 1.99. The number of carbonyl (C=O) groups excluding carboxylic acids is 1. The van der Waals surface area contributed by atoms with Crippen LogP contribution in [0, 0.1) is 20.8 Å². The van der Waals surface area contributed by atoms with E-state index in [4.69, 9.17) is 9.97 Å². The zero-order valence-corrected chi connectivity index (χ0v) is 24.1. The first kappa shape index (κ1) is 28.0. The van der Waals surface area contributed by atoms with Gasteiger partial charge in [-0.3, -0.25) is 14.6 Å². The fraction of sp³-hybridized carbons (Fsp3) is 0.344. The molecule has 0 amide bonds. The number of carboxylic acids is 2. The predicted octanol–water partition coefficient (Wildman–Crippen LogP) is 6.84. The summed E-state index contributed by atoms with van der Waals surface area (Å²) < 4.78 is 0. The Hall–Kier alpha value is -4.53. The van der Waals surface area contributed by atoms with Crippen LogP contribution in [0.15, 0.2) is 18.2 Å². The lowest BCUT2D eigenvalue weighted by atomic mass is 9.86. The molecule has 41 heavy (non-hydrogen) atoms. The van der Waals surface area contributed by atoms with Crippen LogP contribution in [0.5, 0.6) is 0 Å². The number of rotatable bonds is 6. The van der Waals surface area contributed by atoms with Crippen molar-refractivity contribution >= 4 is 51.4 Å². The topological polar surface area (TPSA) is 149 Å². The number of H-pyrrole nitrogens is 2. The highest BCUT2D eigenvalue weighted by Crippen LogP contribution is 2.42. The van der Waals surface area contributed by atoms with Crippen molar-refractivity contribution in [3.05, 3.63) is 68.8 Å². The summed E-state index contributed by atoms with van der Waals surface area (Å²) in [5.41, 5.74) is 10.1. The van der Waals surface area contributed by atoms with E-state index in [2.05, 4.69) is 16.9 Å². The van der Waals surface area contributed by atoms with Gasteiger partial charge in [0, 0.05) is 46.2 Å². The van der Waals surface area contributed by atoms with E-state index >= 15 is 0 Å². The second-order valence-corrected chi connectivity index (χ2v) is 11.0. The number of aldehydes is 1. The highest BCUT2D eigenvalue weighted by molar-refractivity contribution is 6.02. The van der Waals surface area contributed by atoms with E-state index in [1.165, 1.54) is 0 Å². The summed E-state index contributed by atoms with van der Waals surface area (Å²) in [6.45, 7) is 11.6. The lowest BCUT2D eigenvalue weighted by Gasteiger charge is -2.16. The molecule has 3 aromatic rings. The molecule has 2 aliphatic rings. The molecule has 9 heteroatoms. The Kier molecular flexibility index (Phi) is 7.15. The molecule has 5 heterocycles. The molecule has 0 aliphatic carbocycles. The van der Waals surface area contributed by atoms with Gasteiger partial charge in [0.1, 0.15) is 0 Å². The van der Waals surface area contributed by atoms with E-state index in [0.717, 1.165) is 52.0 Å². The number of aromatic nitrogens is 4. The number of aryl methyl sites for hydroxylation is 3. The first-order valence-electron chi connectivity index (χ1n) is 13.8. The molecule has 8 bridgehead atoms. The van der Waals surface area contributed by atoms with Crippen molar-refractivity contribution in [1.82, 2.24) is 19.9 Å². The minimum absolute atomic E-state index is 0.0387. The number of nitrogens with one attached hydrogen (secondary N) is 2. The summed E-state index contributed by atoms with van der Waals surface area (Å²) in [4.78, 5) is 52.9. The quantitative estimate of drug-likeness (QED) is 0.244. The van der Waals surface area contributed by atoms with Crippen LogP contribution < -0.4 is 0 Å². The standard InChI is InChI=1S/C32H34N4O5/c1-7-19-14(2)23-11-27-21(13-37)16(4)22(34-27)10-24-15(3)20(8-9-28(38)39)30(35-24)18(6)31-29(32(40)41)17(5)25(36-31)12-26(19)33-23/h10-13,15,20,34,36H,7-9H2,1-6H3,(H,38,39)(H,40,41)/t15-,20-/m0/s1. The summed E-state index contributed by atoms with van der Waals surface area (Å²) in [7, 11) is 0. The van der Waals surface area contributed by atoms with Gasteiger partial charge in [0.05, 0.1) is 28.0 Å². The number of carboxylic acid groups (broad SMARTS) is 2. The third-order valence-corrected chi connectivity index (χ3v) is 8.68. The van der Waals surface area contributed by atoms with E-state index in [1.807, 2.05) is 45.9 Å². The van der Waals surface area contributed by atoms with Gasteiger partial charge in [-0.2, -0.15) is 0 Å². The van der Waals surface area contributed by atoms with E-state index < -0.39 is 11.9 Å². The number of aromatic amines is 2. The maximum Gasteiger partial charge on any atom is 0.338 e. The first-order valence-corrected chi connectivity index (χ1v) is 13.8. The van der Waals surface area contributed by atoms with Crippen molar-refractivity contribution in [2.45, 2.75) is 72.6 Å². The minimum atomic E-state index is -1.05. The maximum atomic E-state index is 12.5. The van der Waals surface area contributed by atoms with Gasteiger partial charge in [0.15, 0.2) is 6.29 Å². The third-order valence-electron chi connectivity index (χ3n) is 8.68. The molecular formula is C32H34N4O5. The molecule has 0 saturated heterocycles. The lowest BCUT2D eigenvalue weighted by Crippen LogP contribution is -2.07. The Morgan fingerprint density at radius 3 is 2.24 bits per heavy atom. The Labute approximate surface area is 237 Å². The monoisotopic (exact) mass is 554 g/mol. The number of aromatic carboxylic acids is 1. The Morgan fingerprint density at radius 2 is 1.61 bits per heavy atom. The number of fused-ring (bicyclic) bond motifs is 8. The molecule has 2 aliphatic heterocycles. The summed E-state index contributed by atoms with van der Waals surface area (Å²) in [5.74, 6) is -2.32. The van der Waals surface area contributed by atoms with Crippen molar-refractivity contribution in [3.63, 3.8) is 0 Å². The smallest absolute Gasteiger partial charge is 0.338 e. The van der Waals surface area contributed by atoms with Gasteiger partial charge in [-0.1, -0.05) is 13.8 Å². The van der Waals surface area contributed by atoms with Crippen LogP contribution in [0.4, 0.5) is 0 Å². The summed E-state index contributed by atoms with van der Waals surface area (Å²) in [5, 5.41) is 19.7. The van der Waals surface area contributed by atoms with E-state index in [-0.39, 0.29) is 23.8 Å². The molecule has 2 atom stereocenters. The van der Waals surface area contributed by atoms with Crippen LogP contribution >= 0.6 is 0 Å². The Bertz CT molecular complexity index is 1830. The molecule has 9 nitrogen and oxygen atoms in total. The van der Waals surface area contributed by atoms with Crippen LogP contribution in [0.3, 0.4) is 0 Å². The van der Waals surface area contributed by atoms with Crippen molar-refractivity contribution in [1.29, 1.82) is 0 Å². The number of hydrogen-bond donors (Lipinski definition) is 4. The van der Waals surface area contributed by atoms with E-state index in [9.17, 15) is 24.6 Å². The van der Waals surface area contributed by atoms with Gasteiger partial charge < -0.3 is 20.2 Å². The molecule has 212 valence electrons. The van der Waals surface area contributed by atoms with Gasteiger partial charge in [0.2, 0.25) is 0 Å². The molecule has 0 fully saturated rings. The molecule has 3 aromatic heterocycles. The van der Waals surface area contributed by atoms with Gasteiger partial charge >= 0.3 is 11.9 Å². The molecule has 5 rings (SSSR count). The van der Waals surface area contributed by atoms with Gasteiger partial charge in [0.25, 0.3) is 0 Å². The lowest BCUT2D eigenvalue weighted by molar-refractivity contribution is -0.137. The van der Waals surface area contributed by atoms with Gasteiger partial charge in [-0.15, -0.1) is 0 Å². The largest absolute Gasteiger partial charge is 0.481 e. The molecule has 0 unspecified atom stereocenters. The number of hydrogen-bond acceptors (Lipinski definition) is 5. The predicted molar refractivity (Wildman–Crippen MR) is 158 cm³/mol. The number of aliphatic carboxylic acids is 1. The number of nitrogens with zero attached hydrogens (tertiary/aromatic N) is 2. The van der Waals surface area contributed by atoms with Crippen molar-refractivity contribution in [3.8, 4) is 0 Å². The average Bonchev–Trinajstić information content (AvgIpc) is 3.60. The summed E-state index contributed by atoms with van der Waals surface area (Å²) in [6.07, 6.45) is 1.89. The SMILES string of the molecule is CCC1=C(C)c2cc3[nH]c(cc4nc(c(C)c5[nH]c(cc1n2)c(C)c5C(=O)O)[C@@H](CCC(=O)O)[C@@H]4C)c(C)c3C=O. The number of carbonyl (C=O) groups is 3. The molecule has 4 N–H and O–H groups in total. The van der Waals surface area contributed by atoms with Gasteiger partial charge in [-0.05, 0) is 86.6 Å². The van der Waals surface area contributed by atoms with Crippen molar-refractivity contribution in [2.24, 2.45) is 0 Å². The van der Waals surface area contributed by atoms with E-state index in [1.54, 1.807) is 6.92 Å². The molecule has 0 saturated carbocycles. The molecular weight excluding hydrogens is 520 g/mol. The fourth-order valence-corrected chi connectivity index (χ4v) is 6.21. The second kappa shape index (κ2) is 10.5. The second-order valence-electron chi connectivity index (χ2n) is 11.0. The third kappa shape index (κ3) is 4.65. The molecule has 0 radical (unpaired) electrons. The first-order chi connectivity index (χ1) is 19.5. The maximum absolute atomic E-state index is 12.5. The fourth-order valence-electron chi connectivity index (χ4n) is 6.21. The van der Waals surface area contributed by atoms with Gasteiger partial charge in [-0.25, -0.2) is 9.78 Å². The normalized spacial score (nSPS) is 16.7. The average molecular weight is 555 g/mol. The van der Waals surface area contributed by atoms with Crippen LogP contribution in [0.25, 0.3) is 33.2 Å². The highest BCUT2D eigenvalue weighted by atomic mass is 16.4. The van der Waals surface area contributed by atoms with Crippen LogP contribution in [-0.2, 0) is 4.79 Å². The van der Waals surface area contributed by atoms with Crippen molar-refractivity contribution in [2.75, 3.05) is 0 Å². The summed E-state index contributed by atoms with van der Waals surface area (Å²) >= 11 is 0. The minimum Gasteiger partial charge on any atom is -0.481 e. The zero-order valence-electron chi connectivity index (χ0n) is 24.1. The Morgan fingerprint density at radius 1 is 0.927 bits per heavy atom. The van der Waals surface area contributed by atoms with Crippen LogP contribution in [-0.4, -0.2) is 48.4 Å². The van der Waals surface area contributed by atoms with Crippen LogP contribution in [0.2, 0.25) is 0 Å². The van der Waals surface area contributed by atoms with Crippen molar-refractivity contribution < 1.29 is 24.6 Å². The molecule has 0 aromatic carbocycles. The molecule has 0 spiro atoms. The number of allylic oxidation sites excluding steroid dienone is 2. The summed E-state index contributed by atoms with van der Waals surface area (Å²) in [6, 6.07) is 5.67.